The van der Waals surface area contributed by atoms with E-state index in [4.69, 9.17) is 4.74 Å². The molecule has 1 saturated heterocycles. The van der Waals surface area contributed by atoms with Crippen LogP contribution in [-0.2, 0) is 9.53 Å². The van der Waals surface area contributed by atoms with Gasteiger partial charge in [-0.2, -0.15) is 8.78 Å². The maximum Gasteiger partial charge on any atom is 0.407 e. The van der Waals surface area contributed by atoms with Crippen LogP contribution < -0.4 is 10.1 Å². The smallest absolute Gasteiger partial charge is 0.407 e. The van der Waals surface area contributed by atoms with Crippen LogP contribution in [-0.4, -0.2) is 48.2 Å². The third kappa shape index (κ3) is 7.17. The molecule has 0 unspecified atom stereocenters. The maximum atomic E-state index is 12.4. The molecule has 0 bridgehead atoms. The molecule has 154 valence electrons. The van der Waals surface area contributed by atoms with E-state index < -0.39 is 18.3 Å². The van der Waals surface area contributed by atoms with Gasteiger partial charge in [-0.1, -0.05) is 18.2 Å². The standard InChI is InChI=1S/C20H26F2N2O4/c1-20(2,3)28-19(26)23-15-10-12-24(13-11-15)17(25)9-8-14-6-4-5-7-16(14)27-18(21)22/h4-9,15,18H,10-13H2,1-3H3,(H,23,26)/b9-8+. The number of hydrogen-bond donors (Lipinski definition) is 1. The predicted molar refractivity (Wildman–Crippen MR) is 101 cm³/mol. The van der Waals surface area contributed by atoms with Crippen molar-refractivity contribution < 1.29 is 27.8 Å². The molecular weight excluding hydrogens is 370 g/mol. The number of piperidine rings is 1. The van der Waals surface area contributed by atoms with E-state index in [1.54, 1.807) is 43.9 Å². The van der Waals surface area contributed by atoms with E-state index in [0.717, 1.165) is 0 Å². The van der Waals surface area contributed by atoms with E-state index in [-0.39, 0.29) is 17.7 Å². The number of alkyl halides is 2. The first kappa shape index (κ1) is 21.7. The van der Waals surface area contributed by atoms with Gasteiger partial charge in [-0.25, -0.2) is 4.79 Å². The molecule has 1 aromatic rings. The zero-order valence-corrected chi connectivity index (χ0v) is 16.3. The molecule has 1 aliphatic rings. The lowest BCUT2D eigenvalue weighted by Crippen LogP contribution is -2.47. The summed E-state index contributed by atoms with van der Waals surface area (Å²) >= 11 is 0. The van der Waals surface area contributed by atoms with Crippen molar-refractivity contribution >= 4 is 18.1 Å². The van der Waals surface area contributed by atoms with Crippen molar-refractivity contribution in [2.45, 2.75) is 51.9 Å². The van der Waals surface area contributed by atoms with E-state index >= 15 is 0 Å². The van der Waals surface area contributed by atoms with Crippen LogP contribution in [0.3, 0.4) is 0 Å². The molecule has 8 heteroatoms. The number of rotatable bonds is 5. The SMILES string of the molecule is CC(C)(C)OC(=O)NC1CCN(C(=O)/C=C/c2ccccc2OC(F)F)CC1. The molecule has 0 aliphatic carbocycles. The summed E-state index contributed by atoms with van der Waals surface area (Å²) in [6.45, 7) is 3.43. The number of carbonyl (C=O) groups is 2. The predicted octanol–water partition coefficient (Wildman–Crippen LogP) is 3.82. The molecule has 2 rings (SSSR count). The second-order valence-corrected chi connectivity index (χ2v) is 7.50. The number of amides is 2. The minimum atomic E-state index is -2.93. The number of para-hydroxylation sites is 1. The molecule has 0 atom stereocenters. The van der Waals surface area contributed by atoms with Crippen molar-refractivity contribution in [3.8, 4) is 5.75 Å². The monoisotopic (exact) mass is 396 g/mol. The lowest BCUT2D eigenvalue weighted by molar-refractivity contribution is -0.127. The number of likely N-dealkylation sites (tertiary alicyclic amines) is 1. The third-order valence-corrected chi connectivity index (χ3v) is 4.07. The minimum Gasteiger partial charge on any atom is -0.444 e. The first-order chi connectivity index (χ1) is 13.1. The van der Waals surface area contributed by atoms with Crippen LogP contribution in [0, 0.1) is 0 Å². The molecule has 2 amide bonds. The number of benzene rings is 1. The van der Waals surface area contributed by atoms with Crippen molar-refractivity contribution in [2.24, 2.45) is 0 Å². The minimum absolute atomic E-state index is 0.0156. The molecule has 1 heterocycles. The van der Waals surface area contributed by atoms with Gasteiger partial charge in [-0.15, -0.1) is 0 Å². The van der Waals surface area contributed by atoms with Gasteiger partial charge >= 0.3 is 12.7 Å². The fourth-order valence-corrected chi connectivity index (χ4v) is 2.81. The Morgan fingerprint density at radius 3 is 2.46 bits per heavy atom. The lowest BCUT2D eigenvalue weighted by atomic mass is 10.1. The van der Waals surface area contributed by atoms with Gasteiger partial charge in [-0.05, 0) is 45.8 Å². The molecule has 0 spiro atoms. The quantitative estimate of drug-likeness (QED) is 0.769. The summed E-state index contributed by atoms with van der Waals surface area (Å²) in [5.41, 5.74) is -0.159. The van der Waals surface area contributed by atoms with Crippen LogP contribution in [0.15, 0.2) is 30.3 Å². The fraction of sp³-hybridized carbons (Fsp3) is 0.500. The average Bonchev–Trinajstić information content (AvgIpc) is 2.59. The Balaban J connectivity index is 1.86. The molecule has 28 heavy (non-hydrogen) atoms. The Morgan fingerprint density at radius 1 is 1.21 bits per heavy atom. The van der Waals surface area contributed by atoms with Crippen molar-refractivity contribution in [1.29, 1.82) is 0 Å². The van der Waals surface area contributed by atoms with Gasteiger partial charge in [0.1, 0.15) is 11.4 Å². The highest BCUT2D eigenvalue weighted by molar-refractivity contribution is 5.92. The second kappa shape index (κ2) is 9.52. The number of alkyl carbamates (subject to hydrolysis) is 1. The molecule has 1 aliphatic heterocycles. The number of halogens is 2. The molecule has 0 saturated carbocycles. The third-order valence-electron chi connectivity index (χ3n) is 4.07. The van der Waals surface area contributed by atoms with Crippen LogP contribution >= 0.6 is 0 Å². The van der Waals surface area contributed by atoms with E-state index in [2.05, 4.69) is 10.1 Å². The number of hydrogen-bond acceptors (Lipinski definition) is 4. The van der Waals surface area contributed by atoms with Crippen LogP contribution in [0.5, 0.6) is 5.75 Å². The molecular formula is C20H26F2N2O4. The van der Waals surface area contributed by atoms with Gasteiger partial charge in [0.25, 0.3) is 0 Å². The highest BCUT2D eigenvalue weighted by atomic mass is 19.3. The largest absolute Gasteiger partial charge is 0.444 e. The molecule has 1 N–H and O–H groups in total. The van der Waals surface area contributed by atoms with Crippen LogP contribution in [0.1, 0.15) is 39.2 Å². The normalized spacial score (nSPS) is 15.7. The summed E-state index contributed by atoms with van der Waals surface area (Å²) in [6.07, 6.45) is 3.57. The van der Waals surface area contributed by atoms with Crippen LogP contribution in [0.25, 0.3) is 6.08 Å². The summed E-state index contributed by atoms with van der Waals surface area (Å²) in [5.74, 6) is -0.204. The molecule has 1 aromatic carbocycles. The number of carbonyl (C=O) groups excluding carboxylic acids is 2. The summed E-state index contributed by atoms with van der Waals surface area (Å²) in [7, 11) is 0. The Kier molecular flexibility index (Phi) is 7.37. The second-order valence-electron chi connectivity index (χ2n) is 7.50. The maximum absolute atomic E-state index is 12.4. The van der Waals surface area contributed by atoms with Gasteiger partial charge in [0.2, 0.25) is 5.91 Å². The first-order valence-electron chi connectivity index (χ1n) is 9.14. The Labute approximate surface area is 163 Å². The topological polar surface area (TPSA) is 67.9 Å². The van der Waals surface area contributed by atoms with Gasteiger partial charge in [0, 0.05) is 30.8 Å². The molecule has 0 aromatic heterocycles. The summed E-state index contributed by atoms with van der Waals surface area (Å²) in [4.78, 5) is 25.8. The van der Waals surface area contributed by atoms with Crippen molar-refractivity contribution in [3.05, 3.63) is 35.9 Å². The Bertz CT molecular complexity index is 708. The van der Waals surface area contributed by atoms with Crippen molar-refractivity contribution in [2.75, 3.05) is 13.1 Å². The van der Waals surface area contributed by atoms with Crippen molar-refractivity contribution in [3.63, 3.8) is 0 Å². The van der Waals surface area contributed by atoms with Gasteiger partial charge in [-0.3, -0.25) is 4.79 Å². The van der Waals surface area contributed by atoms with E-state index in [9.17, 15) is 18.4 Å². The number of ether oxygens (including phenoxy) is 2. The zero-order chi connectivity index (χ0) is 20.7. The van der Waals surface area contributed by atoms with Crippen molar-refractivity contribution in [1.82, 2.24) is 10.2 Å². The average molecular weight is 396 g/mol. The van der Waals surface area contributed by atoms with E-state index in [1.165, 1.54) is 18.2 Å². The molecule has 0 radical (unpaired) electrons. The van der Waals surface area contributed by atoms with E-state index in [1.807, 2.05) is 0 Å². The highest BCUT2D eigenvalue weighted by Crippen LogP contribution is 2.22. The van der Waals surface area contributed by atoms with Gasteiger partial charge in [0.05, 0.1) is 0 Å². The van der Waals surface area contributed by atoms with Crippen LogP contribution in [0.4, 0.5) is 13.6 Å². The molecule has 1 fully saturated rings. The highest BCUT2D eigenvalue weighted by Gasteiger charge is 2.25. The summed E-state index contributed by atoms with van der Waals surface area (Å²) in [6, 6.07) is 6.22. The lowest BCUT2D eigenvalue weighted by Gasteiger charge is -2.32. The summed E-state index contributed by atoms with van der Waals surface area (Å²) in [5, 5.41) is 2.81. The van der Waals surface area contributed by atoms with Crippen LogP contribution in [0.2, 0.25) is 0 Å². The van der Waals surface area contributed by atoms with Gasteiger partial charge in [0.15, 0.2) is 0 Å². The summed E-state index contributed by atoms with van der Waals surface area (Å²) < 4.78 is 34.6. The zero-order valence-electron chi connectivity index (χ0n) is 16.3. The fourth-order valence-electron chi connectivity index (χ4n) is 2.81. The number of nitrogens with zero attached hydrogens (tertiary/aromatic N) is 1. The Morgan fingerprint density at radius 2 is 1.86 bits per heavy atom. The van der Waals surface area contributed by atoms with E-state index in [0.29, 0.717) is 31.5 Å². The van der Waals surface area contributed by atoms with Gasteiger partial charge < -0.3 is 19.7 Å². The first-order valence-corrected chi connectivity index (χ1v) is 9.14. The Hall–Kier alpha value is -2.64. The molecule has 6 nitrogen and oxygen atoms in total. The number of nitrogens with one attached hydrogen (secondary N) is 1.